The molecule has 2 rings (SSSR count). The Hall–Kier alpha value is -1.91. The van der Waals surface area contributed by atoms with Crippen molar-refractivity contribution in [2.75, 3.05) is 20.8 Å². The third-order valence-corrected chi connectivity index (χ3v) is 3.23. The van der Waals surface area contributed by atoms with Crippen LogP contribution in [0.3, 0.4) is 0 Å². The minimum Gasteiger partial charge on any atom is -0.494 e. The fourth-order valence-corrected chi connectivity index (χ4v) is 2.18. The van der Waals surface area contributed by atoms with Crippen LogP contribution in [0, 0.1) is 5.82 Å². The lowest BCUT2D eigenvalue weighted by Crippen LogP contribution is -2.32. The minimum atomic E-state index is -1.40. The second kappa shape index (κ2) is 6.03. The van der Waals surface area contributed by atoms with E-state index < -0.39 is 11.4 Å². The van der Waals surface area contributed by atoms with Gasteiger partial charge in [0.2, 0.25) is 0 Å². The topological polar surface area (TPSA) is 38.7 Å². The van der Waals surface area contributed by atoms with Crippen LogP contribution in [0.4, 0.5) is 4.39 Å². The number of hydrogen-bond donors (Lipinski definition) is 1. The predicted octanol–water partition coefficient (Wildman–Crippen LogP) is 2.72. The normalized spacial score (nSPS) is 13.8. The smallest absolute Gasteiger partial charge is 0.165 e. The molecule has 20 heavy (non-hydrogen) atoms. The maximum absolute atomic E-state index is 13.9. The van der Waals surface area contributed by atoms with Gasteiger partial charge in [-0.3, -0.25) is 0 Å². The van der Waals surface area contributed by atoms with E-state index in [9.17, 15) is 9.50 Å². The molecule has 0 aliphatic carbocycles. The van der Waals surface area contributed by atoms with Crippen LogP contribution in [0.15, 0.2) is 48.5 Å². The Kier molecular flexibility index (Phi) is 4.37. The lowest BCUT2D eigenvalue weighted by atomic mass is 9.87. The number of aliphatic hydroxyl groups is 1. The summed E-state index contributed by atoms with van der Waals surface area (Å²) in [6.45, 7) is 0.0305. The highest BCUT2D eigenvalue weighted by Crippen LogP contribution is 2.32. The van der Waals surface area contributed by atoms with E-state index in [0.717, 1.165) is 0 Å². The molecule has 0 spiro atoms. The summed E-state index contributed by atoms with van der Waals surface area (Å²) < 4.78 is 23.9. The van der Waals surface area contributed by atoms with E-state index in [2.05, 4.69) is 0 Å². The first kappa shape index (κ1) is 14.5. The monoisotopic (exact) mass is 276 g/mol. The lowest BCUT2D eigenvalue weighted by molar-refractivity contribution is -0.00351. The van der Waals surface area contributed by atoms with E-state index in [0.29, 0.717) is 11.1 Å². The number of ether oxygens (including phenoxy) is 2. The zero-order chi connectivity index (χ0) is 14.6. The van der Waals surface area contributed by atoms with Crippen molar-refractivity contribution in [2.24, 2.45) is 0 Å². The van der Waals surface area contributed by atoms with Gasteiger partial charge < -0.3 is 14.6 Å². The van der Waals surface area contributed by atoms with Gasteiger partial charge >= 0.3 is 0 Å². The van der Waals surface area contributed by atoms with Crippen LogP contribution >= 0.6 is 0 Å². The van der Waals surface area contributed by atoms with Gasteiger partial charge in [-0.05, 0) is 23.3 Å². The van der Waals surface area contributed by atoms with Gasteiger partial charge in [0.1, 0.15) is 5.60 Å². The van der Waals surface area contributed by atoms with Gasteiger partial charge in [-0.15, -0.1) is 0 Å². The van der Waals surface area contributed by atoms with Crippen molar-refractivity contribution < 1.29 is 19.0 Å². The molecule has 0 heterocycles. The highest BCUT2D eigenvalue weighted by Gasteiger charge is 2.32. The standard InChI is InChI=1S/C16H17FO3/c1-19-11-16(18,12-6-4-3-5-7-12)13-8-9-15(20-2)14(17)10-13/h3-10,18H,11H2,1-2H3. The van der Waals surface area contributed by atoms with Crippen molar-refractivity contribution in [3.8, 4) is 5.75 Å². The molecule has 1 unspecified atom stereocenters. The molecule has 1 atom stereocenters. The summed E-state index contributed by atoms with van der Waals surface area (Å²) >= 11 is 0. The largest absolute Gasteiger partial charge is 0.494 e. The zero-order valence-corrected chi connectivity index (χ0v) is 11.5. The number of halogens is 1. The lowest BCUT2D eigenvalue weighted by Gasteiger charge is -2.28. The Labute approximate surface area is 117 Å². The summed E-state index contributed by atoms with van der Waals surface area (Å²) in [5.74, 6) is -0.378. The Morgan fingerprint density at radius 2 is 1.75 bits per heavy atom. The molecule has 2 aromatic rings. The summed E-state index contributed by atoms with van der Waals surface area (Å²) in [6.07, 6.45) is 0. The van der Waals surface area contributed by atoms with Crippen LogP contribution in [0.25, 0.3) is 0 Å². The predicted molar refractivity (Wildman–Crippen MR) is 74.3 cm³/mol. The quantitative estimate of drug-likeness (QED) is 0.912. The summed E-state index contributed by atoms with van der Waals surface area (Å²) in [6, 6.07) is 13.4. The molecule has 0 bridgehead atoms. The number of methoxy groups -OCH3 is 2. The molecule has 4 heteroatoms. The van der Waals surface area contributed by atoms with E-state index >= 15 is 0 Å². The number of hydrogen-bond acceptors (Lipinski definition) is 3. The van der Waals surface area contributed by atoms with Crippen LogP contribution in [-0.4, -0.2) is 25.9 Å². The number of rotatable bonds is 5. The molecular weight excluding hydrogens is 259 g/mol. The fraction of sp³-hybridized carbons (Fsp3) is 0.250. The van der Waals surface area contributed by atoms with Crippen molar-refractivity contribution in [1.82, 2.24) is 0 Å². The third kappa shape index (κ3) is 2.66. The molecule has 0 fully saturated rings. The number of benzene rings is 2. The molecule has 3 nitrogen and oxygen atoms in total. The second-order valence-corrected chi connectivity index (χ2v) is 4.51. The van der Waals surface area contributed by atoms with Gasteiger partial charge in [0, 0.05) is 7.11 Å². The highest BCUT2D eigenvalue weighted by atomic mass is 19.1. The summed E-state index contributed by atoms with van der Waals surface area (Å²) in [7, 11) is 2.89. The fourth-order valence-electron chi connectivity index (χ4n) is 2.18. The summed E-state index contributed by atoms with van der Waals surface area (Å²) in [5, 5.41) is 10.9. The average Bonchev–Trinajstić information content (AvgIpc) is 2.48. The SMILES string of the molecule is COCC(O)(c1ccccc1)c1ccc(OC)c(F)c1. The summed E-state index contributed by atoms with van der Waals surface area (Å²) in [4.78, 5) is 0. The van der Waals surface area contributed by atoms with Gasteiger partial charge in [0.15, 0.2) is 11.6 Å². The average molecular weight is 276 g/mol. The molecule has 2 aromatic carbocycles. The van der Waals surface area contributed by atoms with E-state index in [1.165, 1.54) is 26.4 Å². The van der Waals surface area contributed by atoms with Crippen molar-refractivity contribution in [3.05, 3.63) is 65.5 Å². The van der Waals surface area contributed by atoms with E-state index in [-0.39, 0.29) is 12.4 Å². The Morgan fingerprint density at radius 3 is 2.30 bits per heavy atom. The third-order valence-electron chi connectivity index (χ3n) is 3.23. The van der Waals surface area contributed by atoms with Crippen LogP contribution in [0.2, 0.25) is 0 Å². The molecular formula is C16H17FO3. The van der Waals surface area contributed by atoms with Crippen LogP contribution in [0.5, 0.6) is 5.75 Å². The molecule has 1 N–H and O–H groups in total. The maximum atomic E-state index is 13.9. The van der Waals surface area contributed by atoms with Gasteiger partial charge in [0.05, 0.1) is 13.7 Å². The van der Waals surface area contributed by atoms with Gasteiger partial charge in [-0.25, -0.2) is 4.39 Å². The van der Waals surface area contributed by atoms with Crippen molar-refractivity contribution >= 4 is 0 Å². The molecule has 0 aliphatic rings. The molecule has 106 valence electrons. The van der Waals surface area contributed by atoms with Crippen LogP contribution < -0.4 is 4.74 Å². The van der Waals surface area contributed by atoms with E-state index in [1.54, 1.807) is 18.2 Å². The van der Waals surface area contributed by atoms with E-state index in [4.69, 9.17) is 9.47 Å². The Bertz CT molecular complexity index is 571. The van der Waals surface area contributed by atoms with Crippen molar-refractivity contribution in [1.29, 1.82) is 0 Å². The first-order valence-corrected chi connectivity index (χ1v) is 6.22. The molecule has 0 saturated carbocycles. The van der Waals surface area contributed by atoms with Crippen molar-refractivity contribution in [2.45, 2.75) is 5.60 Å². The Balaban J connectivity index is 2.50. The van der Waals surface area contributed by atoms with Crippen LogP contribution in [0.1, 0.15) is 11.1 Å². The van der Waals surface area contributed by atoms with Gasteiger partial charge in [-0.1, -0.05) is 36.4 Å². The minimum absolute atomic E-state index is 0.0305. The molecule has 0 saturated heterocycles. The molecule has 0 aliphatic heterocycles. The molecule has 0 aromatic heterocycles. The highest BCUT2D eigenvalue weighted by molar-refractivity contribution is 5.39. The van der Waals surface area contributed by atoms with Crippen LogP contribution in [-0.2, 0) is 10.3 Å². The van der Waals surface area contributed by atoms with Crippen molar-refractivity contribution in [3.63, 3.8) is 0 Å². The summed E-state index contributed by atoms with van der Waals surface area (Å²) in [5.41, 5.74) is -0.335. The van der Waals surface area contributed by atoms with E-state index in [1.807, 2.05) is 18.2 Å². The maximum Gasteiger partial charge on any atom is 0.165 e. The zero-order valence-electron chi connectivity index (χ0n) is 11.5. The molecule has 0 radical (unpaired) electrons. The second-order valence-electron chi connectivity index (χ2n) is 4.51. The van der Waals surface area contributed by atoms with Gasteiger partial charge in [0.25, 0.3) is 0 Å². The molecule has 0 amide bonds. The van der Waals surface area contributed by atoms with Gasteiger partial charge in [-0.2, -0.15) is 0 Å². The first-order valence-electron chi connectivity index (χ1n) is 6.22. The first-order chi connectivity index (χ1) is 9.61. The Morgan fingerprint density at radius 1 is 1.05 bits per heavy atom.